The van der Waals surface area contributed by atoms with E-state index in [0.29, 0.717) is 0 Å². The Morgan fingerprint density at radius 2 is 1.17 bits per heavy atom. The first-order chi connectivity index (χ1) is 25.9. The van der Waals surface area contributed by atoms with Crippen LogP contribution in [0.2, 0.25) is 0 Å². The Morgan fingerprint density at radius 3 is 1.74 bits per heavy atom. The lowest BCUT2D eigenvalue weighted by atomic mass is 9.80. The fraction of sp³-hybridized carbons (Fsp3) is 0.311. The number of para-hydroxylation sites is 1. The highest BCUT2D eigenvalue weighted by molar-refractivity contribution is 5.66. The van der Waals surface area contributed by atoms with Gasteiger partial charge in [0.05, 0.1) is 27.4 Å². The van der Waals surface area contributed by atoms with Crippen LogP contribution < -0.4 is 19.5 Å². The number of anilines is 1. The summed E-state index contributed by atoms with van der Waals surface area (Å²) in [6.07, 6.45) is 6.37. The van der Waals surface area contributed by atoms with E-state index >= 15 is 0 Å². The second-order valence-corrected chi connectivity index (χ2v) is 13.1. The molecule has 5 aromatic carbocycles. The Kier molecular flexibility index (Phi) is 14.7. The average Bonchev–Trinajstić information content (AvgIpc) is 3.20. The van der Waals surface area contributed by atoms with Gasteiger partial charge in [0.2, 0.25) is 0 Å². The number of nitrogens with one attached hydrogen (secondary N) is 1. The topological polar surface area (TPSA) is 106 Å². The van der Waals surface area contributed by atoms with E-state index in [0.717, 1.165) is 95.7 Å². The lowest BCUT2D eigenvalue weighted by Crippen LogP contribution is -2.33. The number of aliphatic hydroxyl groups excluding tert-OH is 1. The van der Waals surface area contributed by atoms with Gasteiger partial charge in [-0.1, -0.05) is 105 Å². The van der Waals surface area contributed by atoms with E-state index in [4.69, 9.17) is 24.1 Å². The van der Waals surface area contributed by atoms with E-state index < -0.39 is 11.6 Å². The maximum atomic E-state index is 10.8. The summed E-state index contributed by atoms with van der Waals surface area (Å²) in [6.45, 7) is 0.108. The number of benzene rings is 5. The molecule has 0 fully saturated rings. The molecular weight excluding hydrogens is 666 g/mol. The van der Waals surface area contributed by atoms with Crippen LogP contribution in [0.25, 0.3) is 0 Å². The standard InChI is InChI=1S/C45H51NO7/c1-50-40-25-21-37(22-26-40)45(36-15-9-7-10-16-36,38-23-27-41(51-2)28-24-38)52-33-35-29-34(32-47)30-39(31-35)46-43(53-42-17-11-8-12-18-42)19-13-5-3-4-6-14-20-44(48)49/h7-12,15-18,21-31,43,46-47H,3-6,13-14,19-20,32-33H2,1-2H3,(H,48,49). The fourth-order valence-corrected chi connectivity index (χ4v) is 6.61. The first-order valence-corrected chi connectivity index (χ1v) is 18.4. The van der Waals surface area contributed by atoms with Gasteiger partial charge in [0, 0.05) is 18.5 Å². The van der Waals surface area contributed by atoms with Crippen molar-refractivity contribution in [1.82, 2.24) is 0 Å². The largest absolute Gasteiger partial charge is 0.497 e. The molecule has 5 aromatic rings. The second kappa shape index (κ2) is 20.1. The fourth-order valence-electron chi connectivity index (χ4n) is 6.61. The van der Waals surface area contributed by atoms with Crippen LogP contribution in [0, 0.1) is 0 Å². The van der Waals surface area contributed by atoms with Crippen LogP contribution in [0.5, 0.6) is 17.2 Å². The number of aliphatic hydroxyl groups is 1. The van der Waals surface area contributed by atoms with Gasteiger partial charge in [0.1, 0.15) is 22.8 Å². The third kappa shape index (κ3) is 11.1. The predicted molar refractivity (Wildman–Crippen MR) is 209 cm³/mol. The van der Waals surface area contributed by atoms with Crippen molar-refractivity contribution in [2.45, 2.75) is 76.4 Å². The van der Waals surface area contributed by atoms with Crippen molar-refractivity contribution in [3.05, 3.63) is 155 Å². The van der Waals surface area contributed by atoms with Crippen LogP contribution in [0.3, 0.4) is 0 Å². The molecule has 8 nitrogen and oxygen atoms in total. The SMILES string of the molecule is COc1ccc(C(OCc2cc(CO)cc(NC(CCCCCCCCC(=O)O)Oc3ccccc3)c2)(c2ccccc2)c2ccc(OC)cc2)cc1. The van der Waals surface area contributed by atoms with Crippen LogP contribution in [0.15, 0.2) is 127 Å². The third-order valence-corrected chi connectivity index (χ3v) is 9.32. The Hall–Kier alpha value is -5.31. The summed E-state index contributed by atoms with van der Waals surface area (Å²) in [6, 6.07) is 41.8. The minimum atomic E-state index is -0.991. The number of ether oxygens (including phenoxy) is 4. The zero-order chi connectivity index (χ0) is 37.3. The molecule has 0 heterocycles. The van der Waals surface area contributed by atoms with Crippen molar-refractivity contribution in [2.24, 2.45) is 0 Å². The predicted octanol–water partition coefficient (Wildman–Crippen LogP) is 9.73. The van der Waals surface area contributed by atoms with E-state index in [1.807, 2.05) is 109 Å². The summed E-state index contributed by atoms with van der Waals surface area (Å²) in [5.74, 6) is 1.54. The molecule has 8 heteroatoms. The van der Waals surface area contributed by atoms with Crippen molar-refractivity contribution in [3.63, 3.8) is 0 Å². The summed E-state index contributed by atoms with van der Waals surface area (Å²) in [4.78, 5) is 10.8. The summed E-state index contributed by atoms with van der Waals surface area (Å²) in [5.41, 5.74) is 4.31. The molecule has 5 rings (SSSR count). The molecule has 0 aliphatic heterocycles. The molecule has 3 N–H and O–H groups in total. The highest BCUT2D eigenvalue weighted by Crippen LogP contribution is 2.42. The van der Waals surface area contributed by atoms with E-state index in [2.05, 4.69) is 23.5 Å². The van der Waals surface area contributed by atoms with Crippen LogP contribution >= 0.6 is 0 Å². The summed E-state index contributed by atoms with van der Waals surface area (Å²) >= 11 is 0. The Bertz CT molecular complexity index is 1760. The van der Waals surface area contributed by atoms with Gasteiger partial charge in [-0.05, 0) is 89.2 Å². The van der Waals surface area contributed by atoms with E-state index in [-0.39, 0.29) is 25.9 Å². The maximum absolute atomic E-state index is 10.8. The molecule has 0 radical (unpaired) electrons. The molecule has 0 saturated carbocycles. The second-order valence-electron chi connectivity index (χ2n) is 13.1. The molecule has 1 atom stereocenters. The molecule has 278 valence electrons. The van der Waals surface area contributed by atoms with E-state index in [9.17, 15) is 9.90 Å². The zero-order valence-electron chi connectivity index (χ0n) is 30.7. The van der Waals surface area contributed by atoms with Crippen molar-refractivity contribution in [2.75, 3.05) is 19.5 Å². The molecule has 53 heavy (non-hydrogen) atoms. The van der Waals surface area contributed by atoms with Gasteiger partial charge >= 0.3 is 5.97 Å². The van der Waals surface area contributed by atoms with Crippen LogP contribution in [0.1, 0.15) is 79.2 Å². The normalized spacial score (nSPS) is 11.8. The molecule has 0 aliphatic rings. The Balaban J connectivity index is 1.41. The van der Waals surface area contributed by atoms with Gasteiger partial charge < -0.3 is 34.5 Å². The molecule has 1 unspecified atom stereocenters. The van der Waals surface area contributed by atoms with Crippen LogP contribution in [0.4, 0.5) is 5.69 Å². The molecule has 0 saturated heterocycles. The molecule has 0 amide bonds. The van der Waals surface area contributed by atoms with E-state index in [1.165, 1.54) is 0 Å². The van der Waals surface area contributed by atoms with Crippen molar-refractivity contribution in [3.8, 4) is 17.2 Å². The minimum absolute atomic E-state index is 0.130. The lowest BCUT2D eigenvalue weighted by molar-refractivity contribution is -0.137. The van der Waals surface area contributed by atoms with Gasteiger partial charge in [-0.3, -0.25) is 4.79 Å². The average molecular weight is 718 g/mol. The van der Waals surface area contributed by atoms with Crippen molar-refractivity contribution in [1.29, 1.82) is 0 Å². The zero-order valence-corrected chi connectivity index (χ0v) is 30.7. The smallest absolute Gasteiger partial charge is 0.303 e. The first kappa shape index (κ1) is 38.9. The number of hydrogen-bond acceptors (Lipinski definition) is 7. The lowest BCUT2D eigenvalue weighted by Gasteiger charge is -2.36. The van der Waals surface area contributed by atoms with E-state index in [1.54, 1.807) is 14.2 Å². The highest BCUT2D eigenvalue weighted by atomic mass is 16.5. The maximum Gasteiger partial charge on any atom is 0.303 e. The van der Waals surface area contributed by atoms with Gasteiger partial charge in [-0.2, -0.15) is 0 Å². The highest BCUT2D eigenvalue weighted by Gasteiger charge is 2.38. The molecule has 0 bridgehead atoms. The van der Waals surface area contributed by atoms with Crippen molar-refractivity contribution >= 4 is 11.7 Å². The van der Waals surface area contributed by atoms with Crippen LogP contribution in [-0.2, 0) is 28.3 Å². The Morgan fingerprint density at radius 1 is 0.642 bits per heavy atom. The molecule has 0 aliphatic carbocycles. The summed E-state index contributed by atoms with van der Waals surface area (Å²) < 4.78 is 24.6. The number of methoxy groups -OCH3 is 2. The quantitative estimate of drug-likeness (QED) is 0.0369. The molecular formula is C45H51NO7. The number of unbranched alkanes of at least 4 members (excludes halogenated alkanes) is 5. The molecule has 0 spiro atoms. The van der Waals surface area contributed by atoms with Gasteiger partial charge in [0.25, 0.3) is 0 Å². The van der Waals surface area contributed by atoms with Crippen molar-refractivity contribution < 1.29 is 34.0 Å². The third-order valence-electron chi connectivity index (χ3n) is 9.32. The number of aliphatic carboxylic acids is 1. The first-order valence-electron chi connectivity index (χ1n) is 18.4. The Labute approximate surface area is 313 Å². The van der Waals surface area contributed by atoms with Gasteiger partial charge in [0.15, 0.2) is 6.23 Å². The monoisotopic (exact) mass is 717 g/mol. The minimum Gasteiger partial charge on any atom is -0.497 e. The number of rotatable bonds is 22. The molecule has 0 aromatic heterocycles. The summed E-state index contributed by atoms with van der Waals surface area (Å²) in [5, 5.41) is 22.9. The number of carboxylic acids is 1. The van der Waals surface area contributed by atoms with Gasteiger partial charge in [-0.25, -0.2) is 0 Å². The van der Waals surface area contributed by atoms with Crippen LogP contribution in [-0.4, -0.2) is 36.6 Å². The number of carbonyl (C=O) groups is 1. The number of hydrogen-bond donors (Lipinski definition) is 3. The van der Waals surface area contributed by atoms with Gasteiger partial charge in [-0.15, -0.1) is 0 Å². The summed E-state index contributed by atoms with van der Waals surface area (Å²) in [7, 11) is 3.31. The number of carboxylic acid groups (broad SMARTS) is 1.